The lowest BCUT2D eigenvalue weighted by atomic mass is 10.1. The number of anilines is 1. The summed E-state index contributed by atoms with van der Waals surface area (Å²) in [6.07, 6.45) is 2.21. The van der Waals surface area contributed by atoms with Crippen molar-refractivity contribution >= 4 is 16.9 Å². The Morgan fingerprint density at radius 1 is 1.17 bits per heavy atom. The Bertz CT molecular complexity index is 552. The van der Waals surface area contributed by atoms with Gasteiger partial charge >= 0.3 is 0 Å². The molecule has 5 heteroatoms. The minimum Gasteiger partial charge on any atom is -0.474 e. The summed E-state index contributed by atoms with van der Waals surface area (Å²) in [6, 6.07) is 7.77. The Kier molecular flexibility index (Phi) is 2.98. The van der Waals surface area contributed by atoms with E-state index in [0.717, 1.165) is 36.8 Å². The summed E-state index contributed by atoms with van der Waals surface area (Å²) in [5.41, 5.74) is 6.54. The van der Waals surface area contributed by atoms with Crippen LogP contribution in [0.5, 0.6) is 5.88 Å². The van der Waals surface area contributed by atoms with E-state index in [1.165, 1.54) is 0 Å². The highest BCUT2D eigenvalue weighted by molar-refractivity contribution is 5.84. The van der Waals surface area contributed by atoms with Crippen molar-refractivity contribution in [2.45, 2.75) is 18.9 Å². The molecule has 2 aromatic rings. The van der Waals surface area contributed by atoms with Gasteiger partial charge in [-0.15, -0.1) is 0 Å². The molecule has 0 unspecified atom stereocenters. The Morgan fingerprint density at radius 2 is 1.94 bits per heavy atom. The second-order valence-corrected chi connectivity index (χ2v) is 4.47. The van der Waals surface area contributed by atoms with Crippen molar-refractivity contribution in [3.63, 3.8) is 0 Å². The van der Waals surface area contributed by atoms with Crippen LogP contribution >= 0.6 is 0 Å². The lowest BCUT2D eigenvalue weighted by molar-refractivity contribution is 0.158. The molecule has 0 amide bonds. The van der Waals surface area contributed by atoms with Gasteiger partial charge in [-0.1, -0.05) is 12.1 Å². The zero-order valence-corrected chi connectivity index (χ0v) is 10.1. The molecule has 0 bridgehead atoms. The molecule has 1 saturated heterocycles. The average Bonchev–Trinajstić information content (AvgIpc) is 2.40. The predicted molar refractivity (Wildman–Crippen MR) is 70.5 cm³/mol. The number of ether oxygens (including phenoxy) is 1. The molecule has 0 saturated carbocycles. The van der Waals surface area contributed by atoms with E-state index in [4.69, 9.17) is 10.5 Å². The monoisotopic (exact) mass is 244 g/mol. The Morgan fingerprint density at radius 3 is 2.78 bits per heavy atom. The number of rotatable bonds is 2. The van der Waals surface area contributed by atoms with Crippen LogP contribution in [0.15, 0.2) is 24.3 Å². The number of benzene rings is 1. The fourth-order valence-electron chi connectivity index (χ4n) is 2.23. The third-order valence-electron chi connectivity index (χ3n) is 3.15. The number of nitrogens with two attached hydrogens (primary N) is 1. The smallest absolute Gasteiger partial charge is 0.226 e. The predicted octanol–water partition coefficient (Wildman–Crippen LogP) is 1.34. The molecule has 1 fully saturated rings. The van der Waals surface area contributed by atoms with Crippen LogP contribution in [0.25, 0.3) is 10.9 Å². The lowest BCUT2D eigenvalue weighted by Crippen LogP contribution is -2.34. The standard InChI is InChI=1S/C13H16N4O/c14-13-16-11-4-2-1-3-10(11)12(17-13)18-9-5-7-15-8-6-9/h1-4,9,15H,5-8H2,(H2,14,16,17). The van der Waals surface area contributed by atoms with E-state index in [2.05, 4.69) is 15.3 Å². The van der Waals surface area contributed by atoms with Crippen LogP contribution in [0.4, 0.5) is 5.95 Å². The molecule has 0 radical (unpaired) electrons. The molecule has 94 valence electrons. The molecule has 1 aromatic heterocycles. The van der Waals surface area contributed by atoms with Crippen LogP contribution in [0.1, 0.15) is 12.8 Å². The number of hydrogen-bond acceptors (Lipinski definition) is 5. The fraction of sp³-hybridized carbons (Fsp3) is 0.385. The van der Waals surface area contributed by atoms with E-state index in [0.29, 0.717) is 5.88 Å². The number of nitrogens with zero attached hydrogens (tertiary/aromatic N) is 2. The van der Waals surface area contributed by atoms with Gasteiger partial charge < -0.3 is 15.8 Å². The van der Waals surface area contributed by atoms with Crippen LogP contribution < -0.4 is 15.8 Å². The van der Waals surface area contributed by atoms with E-state index in [9.17, 15) is 0 Å². The fourth-order valence-corrected chi connectivity index (χ4v) is 2.23. The van der Waals surface area contributed by atoms with Gasteiger partial charge in [0.05, 0.1) is 10.9 Å². The highest BCUT2D eigenvalue weighted by atomic mass is 16.5. The number of fused-ring (bicyclic) bond motifs is 1. The molecule has 0 aliphatic carbocycles. The minimum absolute atomic E-state index is 0.212. The van der Waals surface area contributed by atoms with Gasteiger partial charge in [0.1, 0.15) is 6.10 Å². The first kappa shape index (κ1) is 11.2. The topological polar surface area (TPSA) is 73.1 Å². The molecule has 1 aliphatic rings. The van der Waals surface area contributed by atoms with Crippen molar-refractivity contribution in [3.8, 4) is 5.88 Å². The number of aromatic nitrogens is 2. The summed E-state index contributed by atoms with van der Waals surface area (Å²) in [5.74, 6) is 0.864. The maximum absolute atomic E-state index is 5.98. The largest absolute Gasteiger partial charge is 0.474 e. The highest BCUT2D eigenvalue weighted by Crippen LogP contribution is 2.25. The first-order valence-corrected chi connectivity index (χ1v) is 6.22. The molecule has 18 heavy (non-hydrogen) atoms. The third kappa shape index (κ3) is 2.22. The maximum atomic E-state index is 5.98. The number of nitrogens with one attached hydrogen (secondary N) is 1. The van der Waals surface area contributed by atoms with Crippen molar-refractivity contribution < 1.29 is 4.74 Å². The van der Waals surface area contributed by atoms with Crippen LogP contribution in [-0.4, -0.2) is 29.2 Å². The molecule has 0 atom stereocenters. The van der Waals surface area contributed by atoms with E-state index in [1.54, 1.807) is 0 Å². The SMILES string of the molecule is Nc1nc(OC2CCNCC2)c2ccccc2n1. The van der Waals surface area contributed by atoms with Crippen molar-refractivity contribution in [2.75, 3.05) is 18.8 Å². The summed E-state index contributed by atoms with van der Waals surface area (Å²) in [4.78, 5) is 8.42. The molecule has 3 rings (SSSR count). The number of para-hydroxylation sites is 1. The van der Waals surface area contributed by atoms with Crippen molar-refractivity contribution in [1.29, 1.82) is 0 Å². The van der Waals surface area contributed by atoms with Gasteiger partial charge in [0.2, 0.25) is 11.8 Å². The van der Waals surface area contributed by atoms with Gasteiger partial charge in [-0.3, -0.25) is 0 Å². The summed E-state index contributed by atoms with van der Waals surface area (Å²) >= 11 is 0. The Labute approximate surface area is 105 Å². The zero-order valence-electron chi connectivity index (χ0n) is 10.1. The molecule has 1 aromatic carbocycles. The van der Waals surface area contributed by atoms with E-state index < -0.39 is 0 Å². The molecular formula is C13H16N4O. The van der Waals surface area contributed by atoms with E-state index >= 15 is 0 Å². The summed E-state index contributed by atoms with van der Waals surface area (Å²) in [5, 5.41) is 4.23. The van der Waals surface area contributed by atoms with Gasteiger partial charge in [-0.05, 0) is 38.1 Å². The van der Waals surface area contributed by atoms with Gasteiger partial charge in [0.15, 0.2) is 0 Å². The molecule has 0 spiro atoms. The van der Waals surface area contributed by atoms with Crippen LogP contribution in [0, 0.1) is 0 Å². The molecule has 5 nitrogen and oxygen atoms in total. The molecule has 2 heterocycles. The van der Waals surface area contributed by atoms with Crippen molar-refractivity contribution in [2.24, 2.45) is 0 Å². The van der Waals surface area contributed by atoms with Crippen LogP contribution in [-0.2, 0) is 0 Å². The normalized spacial score (nSPS) is 16.9. The lowest BCUT2D eigenvalue weighted by Gasteiger charge is -2.23. The highest BCUT2D eigenvalue weighted by Gasteiger charge is 2.17. The van der Waals surface area contributed by atoms with Gasteiger partial charge in [0.25, 0.3) is 0 Å². The number of nitrogen functional groups attached to an aromatic ring is 1. The number of piperidine rings is 1. The second-order valence-electron chi connectivity index (χ2n) is 4.47. The Hall–Kier alpha value is -1.88. The van der Waals surface area contributed by atoms with E-state index in [1.807, 2.05) is 24.3 Å². The summed E-state index contributed by atoms with van der Waals surface area (Å²) < 4.78 is 5.98. The second kappa shape index (κ2) is 4.78. The van der Waals surface area contributed by atoms with Crippen LogP contribution in [0.2, 0.25) is 0 Å². The third-order valence-corrected chi connectivity index (χ3v) is 3.15. The quantitative estimate of drug-likeness (QED) is 0.834. The average molecular weight is 244 g/mol. The van der Waals surface area contributed by atoms with Crippen molar-refractivity contribution in [1.82, 2.24) is 15.3 Å². The molecular weight excluding hydrogens is 228 g/mol. The summed E-state index contributed by atoms with van der Waals surface area (Å²) in [6.45, 7) is 1.98. The molecule has 3 N–H and O–H groups in total. The molecule has 1 aliphatic heterocycles. The zero-order chi connectivity index (χ0) is 12.4. The Balaban J connectivity index is 1.94. The maximum Gasteiger partial charge on any atom is 0.226 e. The van der Waals surface area contributed by atoms with E-state index in [-0.39, 0.29) is 12.1 Å². The first-order chi connectivity index (χ1) is 8.83. The van der Waals surface area contributed by atoms with Gasteiger partial charge in [0, 0.05) is 0 Å². The van der Waals surface area contributed by atoms with Crippen LogP contribution in [0.3, 0.4) is 0 Å². The van der Waals surface area contributed by atoms with Gasteiger partial charge in [-0.2, -0.15) is 4.98 Å². The summed E-state index contributed by atoms with van der Waals surface area (Å²) in [7, 11) is 0. The number of hydrogen-bond donors (Lipinski definition) is 2. The van der Waals surface area contributed by atoms with Gasteiger partial charge in [-0.25, -0.2) is 4.98 Å². The first-order valence-electron chi connectivity index (χ1n) is 6.22. The minimum atomic E-state index is 0.212. The van der Waals surface area contributed by atoms with Crippen molar-refractivity contribution in [3.05, 3.63) is 24.3 Å².